The van der Waals surface area contributed by atoms with Crippen LogP contribution >= 0.6 is 0 Å². The van der Waals surface area contributed by atoms with Crippen molar-refractivity contribution < 1.29 is 27.9 Å². The van der Waals surface area contributed by atoms with E-state index in [1.165, 1.54) is 7.11 Å². The maximum atomic E-state index is 15.0. The Balaban J connectivity index is 1.05. The van der Waals surface area contributed by atoms with Crippen molar-refractivity contribution >= 4 is 17.9 Å². The largest absolute Gasteiger partial charge is 0.453 e. The highest BCUT2D eigenvalue weighted by Gasteiger charge is 2.61. The van der Waals surface area contributed by atoms with Crippen molar-refractivity contribution in [3.05, 3.63) is 71.6 Å². The van der Waals surface area contributed by atoms with Crippen LogP contribution in [0.15, 0.2) is 48.8 Å². The van der Waals surface area contributed by atoms with Gasteiger partial charge in [0.1, 0.15) is 17.7 Å². The molecule has 2 saturated heterocycles. The lowest BCUT2D eigenvalue weighted by Gasteiger charge is -2.46. The van der Waals surface area contributed by atoms with Crippen molar-refractivity contribution in [1.82, 2.24) is 35.1 Å². The van der Waals surface area contributed by atoms with Gasteiger partial charge in [-0.25, -0.2) is 23.5 Å². The van der Waals surface area contributed by atoms with Gasteiger partial charge in [0.25, 0.3) is 5.92 Å². The number of aromatic nitrogens is 4. The van der Waals surface area contributed by atoms with Gasteiger partial charge < -0.3 is 29.8 Å². The number of H-pyrrole nitrogens is 2. The number of aromatic amines is 2. The molecule has 5 atom stereocenters. The Labute approximate surface area is 332 Å². The number of fused-ring (bicyclic) bond motifs is 5. The molecule has 2 aliphatic heterocycles. The first-order valence-electron chi connectivity index (χ1n) is 20.6. The fraction of sp³-hybridized carbons (Fsp3) is 0.523. The smallest absolute Gasteiger partial charge is 0.407 e. The fourth-order valence-corrected chi connectivity index (χ4v) is 9.62. The van der Waals surface area contributed by atoms with E-state index >= 15 is 8.78 Å². The molecule has 57 heavy (non-hydrogen) atoms. The monoisotopic (exact) mass is 781 g/mol. The van der Waals surface area contributed by atoms with E-state index in [2.05, 4.69) is 29.1 Å². The van der Waals surface area contributed by atoms with Crippen LogP contribution in [0.1, 0.15) is 120 Å². The molecule has 302 valence electrons. The predicted octanol–water partition coefficient (Wildman–Crippen LogP) is 8.70. The van der Waals surface area contributed by atoms with E-state index in [1.807, 2.05) is 55.1 Å². The van der Waals surface area contributed by atoms with Crippen LogP contribution in [-0.4, -0.2) is 79.8 Å². The molecule has 4 aliphatic rings. The highest BCUT2D eigenvalue weighted by molar-refractivity contribution is 5.87. The molecule has 0 radical (unpaired) electrons. The zero-order valence-electron chi connectivity index (χ0n) is 33.5. The highest BCUT2D eigenvalue weighted by atomic mass is 19.3. The number of nitrogens with one attached hydrogen (secondary N) is 3. The maximum absolute atomic E-state index is 15.0. The lowest BCUT2D eigenvalue weighted by Crippen LogP contribution is -2.51. The number of alkyl halides is 2. The summed E-state index contributed by atoms with van der Waals surface area (Å²) in [6.45, 7) is 9.38. The predicted molar refractivity (Wildman–Crippen MR) is 212 cm³/mol. The zero-order chi connectivity index (χ0) is 40.2. The molecular weight excluding hydrogens is 729 g/mol. The van der Waals surface area contributed by atoms with Crippen LogP contribution in [0.5, 0.6) is 0 Å². The summed E-state index contributed by atoms with van der Waals surface area (Å²) in [6, 6.07) is 11.0. The SMILES string of the molecule is CC[C@H](C)CC(=O)N1CCC[C@H]1c1ncc(-c2ccc3c(c2)C2(CC(F)(F)C2)c2cc(-c4cnc([C@@H]5CCCN5C(=O)[C@@H](NC(=O)OC)[C@@H](C)CC)[nH]4)ccc2-3)[nH]1. The summed E-state index contributed by atoms with van der Waals surface area (Å²) in [5.74, 6) is -1.15. The van der Waals surface area contributed by atoms with E-state index < -0.39 is 23.5 Å². The average Bonchev–Trinajstić information content (AvgIpc) is 4.05. The molecule has 3 amide bonds. The number of benzene rings is 2. The van der Waals surface area contributed by atoms with Crippen LogP contribution < -0.4 is 5.32 Å². The van der Waals surface area contributed by atoms with Crippen molar-refractivity contribution in [3.63, 3.8) is 0 Å². The Morgan fingerprint density at radius 2 is 1.40 bits per heavy atom. The lowest BCUT2D eigenvalue weighted by molar-refractivity contribution is -0.136. The van der Waals surface area contributed by atoms with Crippen molar-refractivity contribution in [2.75, 3.05) is 20.2 Å². The number of alkyl carbamates (subject to hydrolysis) is 1. The van der Waals surface area contributed by atoms with Crippen molar-refractivity contribution in [2.45, 2.75) is 115 Å². The van der Waals surface area contributed by atoms with Gasteiger partial charge in [-0.15, -0.1) is 0 Å². The summed E-state index contributed by atoms with van der Waals surface area (Å²) in [6.07, 6.45) is 7.82. The lowest BCUT2D eigenvalue weighted by atomic mass is 9.60. The molecule has 2 aromatic carbocycles. The molecule has 0 unspecified atom stereocenters. The minimum Gasteiger partial charge on any atom is -0.453 e. The second kappa shape index (κ2) is 15.0. The number of carbonyl (C=O) groups excluding carboxylic acids is 3. The van der Waals surface area contributed by atoms with Crippen LogP contribution in [0.4, 0.5) is 13.6 Å². The summed E-state index contributed by atoms with van der Waals surface area (Å²) in [7, 11) is 1.28. The van der Waals surface area contributed by atoms with E-state index in [9.17, 15) is 14.4 Å². The number of amides is 3. The Kier molecular flexibility index (Phi) is 10.2. The number of carbonyl (C=O) groups is 3. The summed E-state index contributed by atoms with van der Waals surface area (Å²) in [5.41, 5.74) is 6.07. The zero-order valence-corrected chi connectivity index (χ0v) is 33.5. The van der Waals surface area contributed by atoms with Gasteiger partial charge in [-0.1, -0.05) is 64.8 Å². The first-order chi connectivity index (χ1) is 27.4. The molecule has 13 heteroatoms. The molecule has 4 heterocycles. The third-order valence-corrected chi connectivity index (χ3v) is 13.2. The van der Waals surface area contributed by atoms with Gasteiger partial charge in [-0.3, -0.25) is 9.59 Å². The molecule has 1 saturated carbocycles. The Hall–Kier alpha value is -5.07. The normalized spacial score (nSPS) is 21.8. The van der Waals surface area contributed by atoms with Crippen molar-refractivity contribution in [1.29, 1.82) is 0 Å². The average molecular weight is 782 g/mol. The number of halogens is 2. The highest BCUT2D eigenvalue weighted by Crippen LogP contribution is 2.64. The van der Waals surface area contributed by atoms with Crippen LogP contribution in [0, 0.1) is 11.8 Å². The van der Waals surface area contributed by atoms with Crippen LogP contribution in [0.2, 0.25) is 0 Å². The van der Waals surface area contributed by atoms with Gasteiger partial charge in [0.15, 0.2) is 0 Å². The van der Waals surface area contributed by atoms with Crippen LogP contribution in [0.3, 0.4) is 0 Å². The third kappa shape index (κ3) is 6.90. The molecule has 1 spiro atoms. The van der Waals surface area contributed by atoms with E-state index in [1.54, 1.807) is 17.3 Å². The number of methoxy groups -OCH3 is 1. The topological polar surface area (TPSA) is 136 Å². The fourth-order valence-electron chi connectivity index (χ4n) is 9.62. The number of imidazole rings is 2. The Bertz CT molecular complexity index is 2170. The van der Waals surface area contributed by atoms with E-state index in [4.69, 9.17) is 14.7 Å². The molecule has 4 aromatic rings. The van der Waals surface area contributed by atoms with Gasteiger partial charge in [-0.2, -0.15) is 0 Å². The van der Waals surface area contributed by atoms with Gasteiger partial charge in [0, 0.05) is 37.8 Å². The Morgan fingerprint density at radius 1 is 0.860 bits per heavy atom. The minimum atomic E-state index is -2.78. The van der Waals surface area contributed by atoms with E-state index in [0.717, 1.165) is 89.2 Å². The third-order valence-electron chi connectivity index (χ3n) is 13.2. The summed E-state index contributed by atoms with van der Waals surface area (Å²) >= 11 is 0. The molecule has 11 nitrogen and oxygen atoms in total. The van der Waals surface area contributed by atoms with Gasteiger partial charge in [-0.05, 0) is 83.0 Å². The molecular formula is C44H53F2N7O4. The maximum Gasteiger partial charge on any atom is 0.407 e. The van der Waals surface area contributed by atoms with Gasteiger partial charge in [0.05, 0.1) is 43.0 Å². The number of hydrogen-bond acceptors (Lipinski definition) is 6. The summed E-state index contributed by atoms with van der Waals surface area (Å²) < 4.78 is 34.9. The van der Waals surface area contributed by atoms with Gasteiger partial charge >= 0.3 is 6.09 Å². The quantitative estimate of drug-likeness (QED) is 0.139. The molecule has 8 rings (SSSR count). The first kappa shape index (κ1) is 38.8. The standard InChI is InChI=1S/C44H53F2N7O4/c1-6-25(3)18-37(54)52-16-8-10-35(52)39-47-21-33(49-39)27-12-14-29-30-15-13-28(20-32(30)43(31(29)19-27)23-44(45,46)24-43)34-22-48-40(50-34)36-11-9-17-53(36)41(55)38(26(4)7-2)51-42(56)57-5/h12-15,19-22,25-26,35-36,38H,6-11,16-18,23-24H2,1-5H3,(H,47,49)(H,48,50)(H,51,56)/t25-,26-,35-,36-,38-/m0/s1. The molecule has 0 bridgehead atoms. The van der Waals surface area contributed by atoms with Gasteiger partial charge in [0.2, 0.25) is 11.8 Å². The number of hydrogen-bond donors (Lipinski definition) is 3. The second-order valence-corrected chi connectivity index (χ2v) is 16.8. The number of ether oxygens (including phenoxy) is 1. The van der Waals surface area contributed by atoms with Crippen LogP contribution in [0.25, 0.3) is 33.6 Å². The van der Waals surface area contributed by atoms with Crippen molar-refractivity contribution in [2.24, 2.45) is 11.8 Å². The molecule has 3 fully saturated rings. The number of likely N-dealkylation sites (tertiary alicyclic amines) is 2. The summed E-state index contributed by atoms with van der Waals surface area (Å²) in [5, 5.41) is 2.74. The number of nitrogens with zero attached hydrogens (tertiary/aromatic N) is 4. The van der Waals surface area contributed by atoms with Crippen molar-refractivity contribution in [3.8, 4) is 33.6 Å². The Morgan fingerprint density at radius 3 is 1.91 bits per heavy atom. The molecule has 3 N–H and O–H groups in total. The number of rotatable bonds is 11. The molecule has 2 aromatic heterocycles. The van der Waals surface area contributed by atoms with E-state index in [-0.39, 0.29) is 42.7 Å². The van der Waals surface area contributed by atoms with Crippen LogP contribution in [-0.2, 0) is 19.7 Å². The first-order valence-corrected chi connectivity index (χ1v) is 20.6. The second-order valence-electron chi connectivity index (χ2n) is 16.8. The van der Waals surface area contributed by atoms with E-state index in [0.29, 0.717) is 31.1 Å². The minimum absolute atomic E-state index is 0.0983. The summed E-state index contributed by atoms with van der Waals surface area (Å²) in [4.78, 5) is 59.3. The molecule has 2 aliphatic carbocycles.